The summed E-state index contributed by atoms with van der Waals surface area (Å²) in [5.41, 5.74) is 7.76. The quantitative estimate of drug-likeness (QED) is 0.851. The van der Waals surface area contributed by atoms with Crippen molar-refractivity contribution in [3.63, 3.8) is 0 Å². The third-order valence-electron chi connectivity index (χ3n) is 3.07. The minimum Gasteiger partial charge on any atom is -0.489 e. The summed E-state index contributed by atoms with van der Waals surface area (Å²) in [5, 5.41) is 8.83. The average molecular weight is 275 g/mol. The first kappa shape index (κ1) is 14.5. The third kappa shape index (κ3) is 3.79. The molecule has 3 N–H and O–H groups in total. The Labute approximate surface area is 117 Å². The molecule has 4 heteroatoms. The smallest absolute Gasteiger partial charge is 0.130 e. The predicted octanol–water partition coefficient (Wildman–Crippen LogP) is 2.40. The van der Waals surface area contributed by atoms with Gasteiger partial charge in [-0.3, -0.25) is 0 Å². The van der Waals surface area contributed by atoms with Crippen LogP contribution >= 0.6 is 0 Å². The lowest BCUT2D eigenvalue weighted by molar-refractivity contribution is 0.296. The van der Waals surface area contributed by atoms with Crippen LogP contribution in [0.2, 0.25) is 0 Å². The van der Waals surface area contributed by atoms with E-state index in [-0.39, 0.29) is 19.0 Å². The van der Waals surface area contributed by atoms with Gasteiger partial charge in [-0.25, -0.2) is 4.39 Å². The van der Waals surface area contributed by atoms with Gasteiger partial charge in [-0.2, -0.15) is 0 Å². The van der Waals surface area contributed by atoms with E-state index < -0.39 is 0 Å². The van der Waals surface area contributed by atoms with E-state index in [0.29, 0.717) is 24.3 Å². The number of halogens is 1. The Kier molecular flexibility index (Phi) is 5.09. The molecule has 2 aromatic rings. The maximum Gasteiger partial charge on any atom is 0.130 e. The number of hydrogen-bond donors (Lipinski definition) is 2. The molecule has 3 nitrogen and oxygen atoms in total. The molecule has 0 aliphatic heterocycles. The minimum absolute atomic E-state index is 0.124. The maximum atomic E-state index is 13.7. The molecule has 0 saturated heterocycles. The number of nitrogens with two attached hydrogens (primary N) is 1. The Morgan fingerprint density at radius 2 is 1.75 bits per heavy atom. The van der Waals surface area contributed by atoms with E-state index in [1.807, 2.05) is 24.3 Å². The molecule has 0 unspecified atom stereocenters. The van der Waals surface area contributed by atoms with Crippen molar-refractivity contribution in [3.05, 3.63) is 65.0 Å². The van der Waals surface area contributed by atoms with Crippen LogP contribution in [0.1, 0.15) is 16.7 Å². The van der Waals surface area contributed by atoms with Crippen LogP contribution in [0.4, 0.5) is 4.39 Å². The summed E-state index contributed by atoms with van der Waals surface area (Å²) < 4.78 is 19.3. The maximum absolute atomic E-state index is 13.7. The summed E-state index contributed by atoms with van der Waals surface area (Å²) in [4.78, 5) is 0. The van der Waals surface area contributed by atoms with Gasteiger partial charge in [-0.05, 0) is 35.7 Å². The van der Waals surface area contributed by atoms with Crippen molar-refractivity contribution in [3.8, 4) is 5.75 Å². The van der Waals surface area contributed by atoms with Crippen molar-refractivity contribution in [2.24, 2.45) is 5.73 Å². The second kappa shape index (κ2) is 7.03. The molecule has 2 aromatic carbocycles. The number of benzene rings is 2. The molecule has 0 atom stereocenters. The molecule has 0 fully saturated rings. The lowest BCUT2D eigenvalue weighted by Crippen LogP contribution is -2.02. The topological polar surface area (TPSA) is 55.5 Å². The van der Waals surface area contributed by atoms with Crippen LogP contribution in [0, 0.1) is 5.82 Å². The molecule has 0 heterocycles. The lowest BCUT2D eigenvalue weighted by atomic mass is 10.1. The molecule has 20 heavy (non-hydrogen) atoms. The summed E-state index contributed by atoms with van der Waals surface area (Å²) in [6.07, 6.45) is 0.620. The van der Waals surface area contributed by atoms with Crippen molar-refractivity contribution in [1.29, 1.82) is 0 Å². The van der Waals surface area contributed by atoms with Crippen molar-refractivity contribution in [2.75, 3.05) is 6.61 Å². The van der Waals surface area contributed by atoms with Gasteiger partial charge in [-0.15, -0.1) is 0 Å². The van der Waals surface area contributed by atoms with Gasteiger partial charge in [0, 0.05) is 18.7 Å². The van der Waals surface area contributed by atoms with Crippen LogP contribution in [0.15, 0.2) is 42.5 Å². The van der Waals surface area contributed by atoms with Crippen LogP contribution in [0.3, 0.4) is 0 Å². The van der Waals surface area contributed by atoms with Gasteiger partial charge >= 0.3 is 0 Å². The second-order valence-corrected chi connectivity index (χ2v) is 4.54. The number of ether oxygens (including phenoxy) is 1. The van der Waals surface area contributed by atoms with Gasteiger partial charge in [0.05, 0.1) is 0 Å². The van der Waals surface area contributed by atoms with E-state index in [1.165, 1.54) is 6.07 Å². The first-order valence-electron chi connectivity index (χ1n) is 6.53. The summed E-state index contributed by atoms with van der Waals surface area (Å²) in [7, 11) is 0. The number of rotatable bonds is 6. The predicted molar refractivity (Wildman–Crippen MR) is 75.9 cm³/mol. The zero-order chi connectivity index (χ0) is 14.4. The largest absolute Gasteiger partial charge is 0.489 e. The Bertz CT molecular complexity index is 555. The molecule has 0 radical (unpaired) electrons. The lowest BCUT2D eigenvalue weighted by Gasteiger charge is -2.09. The van der Waals surface area contributed by atoms with Crippen LogP contribution in [-0.2, 0) is 19.6 Å². The van der Waals surface area contributed by atoms with Gasteiger partial charge in [-0.1, -0.05) is 24.3 Å². The number of aliphatic hydroxyl groups excluding tert-OH is 1. The highest BCUT2D eigenvalue weighted by Crippen LogP contribution is 2.16. The van der Waals surface area contributed by atoms with Crippen LogP contribution in [0.5, 0.6) is 5.75 Å². The molecular weight excluding hydrogens is 257 g/mol. The first-order valence-corrected chi connectivity index (χ1v) is 6.53. The molecule has 0 amide bonds. The highest BCUT2D eigenvalue weighted by molar-refractivity contribution is 5.28. The third-order valence-corrected chi connectivity index (χ3v) is 3.07. The van der Waals surface area contributed by atoms with Gasteiger partial charge in [0.2, 0.25) is 0 Å². The fourth-order valence-electron chi connectivity index (χ4n) is 1.88. The molecular formula is C16H18FNO2. The molecule has 0 spiro atoms. The molecule has 0 saturated carbocycles. The van der Waals surface area contributed by atoms with E-state index in [0.717, 1.165) is 11.1 Å². The summed E-state index contributed by atoms with van der Waals surface area (Å²) in [6, 6.07) is 12.3. The van der Waals surface area contributed by atoms with Crippen LogP contribution in [0.25, 0.3) is 0 Å². The monoisotopic (exact) mass is 275 g/mol. The standard InChI is InChI=1S/C16H18FNO2/c17-16-9-13(10-18)1-4-14(16)11-20-15-5-2-12(3-6-15)7-8-19/h1-6,9,19H,7-8,10-11,18H2. The zero-order valence-corrected chi connectivity index (χ0v) is 11.2. The SMILES string of the molecule is NCc1ccc(COc2ccc(CCO)cc2)c(F)c1. The number of aliphatic hydroxyl groups is 1. The van der Waals surface area contributed by atoms with E-state index in [9.17, 15) is 4.39 Å². The molecule has 0 aromatic heterocycles. The van der Waals surface area contributed by atoms with Crippen molar-refractivity contribution < 1.29 is 14.2 Å². The Morgan fingerprint density at radius 1 is 1.05 bits per heavy atom. The van der Waals surface area contributed by atoms with Crippen molar-refractivity contribution in [2.45, 2.75) is 19.6 Å². The first-order chi connectivity index (χ1) is 9.72. The molecule has 0 aliphatic rings. The fraction of sp³-hybridized carbons (Fsp3) is 0.250. The van der Waals surface area contributed by atoms with Crippen LogP contribution < -0.4 is 10.5 Å². The van der Waals surface area contributed by atoms with E-state index in [1.54, 1.807) is 12.1 Å². The molecule has 2 rings (SSSR count). The second-order valence-electron chi connectivity index (χ2n) is 4.54. The van der Waals surface area contributed by atoms with E-state index in [4.69, 9.17) is 15.6 Å². The fourth-order valence-corrected chi connectivity index (χ4v) is 1.88. The normalized spacial score (nSPS) is 10.6. The highest BCUT2D eigenvalue weighted by Gasteiger charge is 2.04. The molecule has 106 valence electrons. The highest BCUT2D eigenvalue weighted by atomic mass is 19.1. The van der Waals surface area contributed by atoms with Gasteiger partial charge in [0.15, 0.2) is 0 Å². The van der Waals surface area contributed by atoms with Gasteiger partial charge in [0.25, 0.3) is 0 Å². The average Bonchev–Trinajstić information content (AvgIpc) is 2.48. The Hall–Kier alpha value is -1.91. The zero-order valence-electron chi connectivity index (χ0n) is 11.2. The molecule has 0 aliphatic carbocycles. The van der Waals surface area contributed by atoms with E-state index >= 15 is 0 Å². The van der Waals surface area contributed by atoms with Crippen LogP contribution in [-0.4, -0.2) is 11.7 Å². The summed E-state index contributed by atoms with van der Waals surface area (Å²) >= 11 is 0. The Balaban J connectivity index is 1.97. The number of hydrogen-bond acceptors (Lipinski definition) is 3. The van der Waals surface area contributed by atoms with E-state index in [2.05, 4.69) is 0 Å². The van der Waals surface area contributed by atoms with Gasteiger partial charge < -0.3 is 15.6 Å². The Morgan fingerprint density at radius 3 is 2.35 bits per heavy atom. The summed E-state index contributed by atoms with van der Waals surface area (Å²) in [6.45, 7) is 0.624. The van der Waals surface area contributed by atoms with Crippen molar-refractivity contribution in [1.82, 2.24) is 0 Å². The van der Waals surface area contributed by atoms with Gasteiger partial charge in [0.1, 0.15) is 18.2 Å². The minimum atomic E-state index is -0.301. The molecule has 0 bridgehead atoms. The van der Waals surface area contributed by atoms with Crippen molar-refractivity contribution >= 4 is 0 Å². The summed E-state index contributed by atoms with van der Waals surface area (Å²) in [5.74, 6) is 0.374.